The Hall–Kier alpha value is -2.88. The minimum atomic E-state index is -1.14. The van der Waals surface area contributed by atoms with Crippen LogP contribution in [0.4, 0.5) is 5.69 Å². The maximum atomic E-state index is 12.9. The number of nitrogens with zero attached hydrogens (tertiary/aromatic N) is 2. The molecule has 31 heavy (non-hydrogen) atoms. The third-order valence-corrected chi connectivity index (χ3v) is 7.17. The van der Waals surface area contributed by atoms with E-state index in [0.717, 1.165) is 27.0 Å². The SMILES string of the molecule is N=C/C(=C\N)C1(O)CCN(C(=O)c2ccc(NSc3cccc4scnc34)cc2)CC1. The van der Waals surface area contributed by atoms with Gasteiger partial charge in [-0.2, -0.15) is 0 Å². The number of aromatic nitrogens is 1. The second-order valence-corrected chi connectivity index (χ2v) is 9.06. The van der Waals surface area contributed by atoms with Crippen molar-refractivity contribution < 1.29 is 9.90 Å². The summed E-state index contributed by atoms with van der Waals surface area (Å²) in [5.41, 5.74) is 9.09. The largest absolute Gasteiger partial charge is 0.404 e. The van der Waals surface area contributed by atoms with E-state index < -0.39 is 5.60 Å². The van der Waals surface area contributed by atoms with Gasteiger partial charge in [-0.15, -0.1) is 11.3 Å². The molecule has 0 spiro atoms. The summed E-state index contributed by atoms with van der Waals surface area (Å²) in [7, 11) is 0. The molecule has 1 saturated heterocycles. The molecule has 0 unspecified atom stereocenters. The van der Waals surface area contributed by atoms with Crippen molar-refractivity contribution in [2.24, 2.45) is 5.73 Å². The van der Waals surface area contributed by atoms with Gasteiger partial charge in [0.15, 0.2) is 0 Å². The lowest BCUT2D eigenvalue weighted by Crippen LogP contribution is -2.48. The Morgan fingerprint density at radius 3 is 2.68 bits per heavy atom. The first-order valence-electron chi connectivity index (χ1n) is 9.84. The summed E-state index contributed by atoms with van der Waals surface area (Å²) in [6.45, 7) is 0.821. The van der Waals surface area contributed by atoms with Gasteiger partial charge >= 0.3 is 0 Å². The minimum absolute atomic E-state index is 0.0679. The van der Waals surface area contributed by atoms with E-state index in [-0.39, 0.29) is 5.91 Å². The number of para-hydroxylation sites is 1. The molecule has 160 valence electrons. The van der Waals surface area contributed by atoms with Gasteiger partial charge in [0.25, 0.3) is 5.91 Å². The number of anilines is 1. The fourth-order valence-corrected chi connectivity index (χ4v) is 5.16. The van der Waals surface area contributed by atoms with E-state index in [1.54, 1.807) is 28.4 Å². The molecule has 1 aromatic heterocycles. The molecule has 0 aliphatic carbocycles. The summed E-state index contributed by atoms with van der Waals surface area (Å²) in [6.07, 6.45) is 3.06. The number of thiazole rings is 1. The number of benzene rings is 2. The van der Waals surface area contributed by atoms with Crippen LogP contribution in [0.15, 0.2) is 64.6 Å². The van der Waals surface area contributed by atoms with E-state index in [2.05, 4.69) is 15.8 Å². The van der Waals surface area contributed by atoms with Gasteiger partial charge in [0.05, 0.1) is 26.2 Å². The highest BCUT2D eigenvalue weighted by Crippen LogP contribution is 2.31. The Balaban J connectivity index is 1.36. The molecule has 0 bridgehead atoms. The summed E-state index contributed by atoms with van der Waals surface area (Å²) in [5.74, 6) is -0.0679. The van der Waals surface area contributed by atoms with Crippen LogP contribution in [-0.2, 0) is 0 Å². The zero-order valence-electron chi connectivity index (χ0n) is 16.7. The van der Waals surface area contributed by atoms with Crippen molar-refractivity contribution >= 4 is 51.3 Å². The number of amides is 1. The molecule has 0 radical (unpaired) electrons. The van der Waals surface area contributed by atoms with Crippen LogP contribution < -0.4 is 10.5 Å². The topological polar surface area (TPSA) is 115 Å². The molecule has 1 amide bonds. The Kier molecular flexibility index (Phi) is 6.26. The summed E-state index contributed by atoms with van der Waals surface area (Å²) in [5, 5.41) is 18.1. The average molecular weight is 454 g/mol. The van der Waals surface area contributed by atoms with Gasteiger partial charge in [-0.1, -0.05) is 6.07 Å². The highest BCUT2D eigenvalue weighted by molar-refractivity contribution is 8.00. The zero-order chi connectivity index (χ0) is 21.8. The minimum Gasteiger partial charge on any atom is -0.404 e. The van der Waals surface area contributed by atoms with Crippen molar-refractivity contribution in [2.75, 3.05) is 17.8 Å². The van der Waals surface area contributed by atoms with E-state index in [9.17, 15) is 9.90 Å². The summed E-state index contributed by atoms with van der Waals surface area (Å²) < 4.78 is 4.46. The predicted octanol–water partition coefficient (Wildman–Crippen LogP) is 3.87. The zero-order valence-corrected chi connectivity index (χ0v) is 18.4. The van der Waals surface area contributed by atoms with Crippen molar-refractivity contribution in [1.29, 1.82) is 5.41 Å². The molecule has 1 aliphatic rings. The molecule has 4 rings (SSSR count). The molecule has 0 atom stereocenters. The summed E-state index contributed by atoms with van der Waals surface area (Å²) in [6, 6.07) is 13.5. The maximum Gasteiger partial charge on any atom is 0.253 e. The van der Waals surface area contributed by atoms with E-state index in [1.807, 2.05) is 29.8 Å². The second-order valence-electron chi connectivity index (χ2n) is 7.33. The van der Waals surface area contributed by atoms with Crippen LogP contribution in [0.5, 0.6) is 0 Å². The molecule has 1 aliphatic heterocycles. The highest BCUT2D eigenvalue weighted by atomic mass is 32.2. The maximum absolute atomic E-state index is 12.9. The fraction of sp³-hybridized carbons (Fsp3) is 0.227. The number of nitrogens with one attached hydrogen (secondary N) is 2. The van der Waals surface area contributed by atoms with Crippen molar-refractivity contribution in [3.8, 4) is 0 Å². The highest BCUT2D eigenvalue weighted by Gasteiger charge is 2.36. The van der Waals surface area contributed by atoms with Crippen LogP contribution in [0, 0.1) is 5.41 Å². The molecule has 9 heteroatoms. The van der Waals surface area contributed by atoms with Crippen LogP contribution in [-0.4, -0.2) is 45.8 Å². The van der Waals surface area contributed by atoms with Gasteiger partial charge in [-0.3, -0.25) is 4.79 Å². The molecule has 5 N–H and O–H groups in total. The van der Waals surface area contributed by atoms with Crippen molar-refractivity contribution in [2.45, 2.75) is 23.3 Å². The van der Waals surface area contributed by atoms with Gasteiger partial charge in [0.2, 0.25) is 0 Å². The number of hydrogen-bond acceptors (Lipinski definition) is 8. The van der Waals surface area contributed by atoms with E-state index in [4.69, 9.17) is 11.1 Å². The number of carbonyl (C=O) groups excluding carboxylic acids is 1. The molecule has 3 aromatic rings. The number of rotatable bonds is 6. The Morgan fingerprint density at radius 2 is 2.00 bits per heavy atom. The number of nitrogens with two attached hydrogens (primary N) is 1. The van der Waals surface area contributed by atoms with Gasteiger partial charge in [0.1, 0.15) is 0 Å². The van der Waals surface area contributed by atoms with Gasteiger partial charge in [-0.25, -0.2) is 4.98 Å². The number of carbonyl (C=O) groups is 1. The van der Waals surface area contributed by atoms with Crippen LogP contribution in [0.25, 0.3) is 10.2 Å². The first kappa shape index (κ1) is 21.4. The second kappa shape index (κ2) is 9.09. The normalized spacial score (nSPS) is 16.3. The predicted molar refractivity (Wildman–Crippen MR) is 127 cm³/mol. The van der Waals surface area contributed by atoms with E-state index in [0.29, 0.717) is 37.1 Å². The monoisotopic (exact) mass is 453 g/mol. The van der Waals surface area contributed by atoms with E-state index >= 15 is 0 Å². The summed E-state index contributed by atoms with van der Waals surface area (Å²) in [4.78, 5) is 20.1. The van der Waals surface area contributed by atoms with Crippen molar-refractivity contribution in [1.82, 2.24) is 9.88 Å². The number of likely N-dealkylation sites (tertiary alicyclic amines) is 1. The lowest BCUT2D eigenvalue weighted by Gasteiger charge is -2.38. The van der Waals surface area contributed by atoms with Crippen LogP contribution >= 0.6 is 23.3 Å². The lowest BCUT2D eigenvalue weighted by atomic mass is 9.84. The van der Waals surface area contributed by atoms with Gasteiger partial charge in [0, 0.05) is 42.3 Å². The lowest BCUT2D eigenvalue weighted by molar-refractivity contribution is 0.0147. The number of piperidine rings is 1. The standard InChI is InChI=1S/C22H23N5O2S2/c23-12-16(13-24)22(29)8-10-27(11-9-22)21(28)15-4-6-17(7-5-15)26-31-19-3-1-2-18-20(19)25-14-30-18/h1-7,12-14,23,26,29H,8-11,24H2/b16-13+,23-12?. The summed E-state index contributed by atoms with van der Waals surface area (Å²) >= 11 is 3.11. The Labute approximate surface area is 188 Å². The smallest absolute Gasteiger partial charge is 0.253 e. The van der Waals surface area contributed by atoms with E-state index in [1.165, 1.54) is 18.1 Å². The quantitative estimate of drug-likeness (QED) is 0.333. The molecular weight excluding hydrogens is 430 g/mol. The van der Waals surface area contributed by atoms with Gasteiger partial charge < -0.3 is 25.9 Å². The van der Waals surface area contributed by atoms with Crippen LogP contribution in [0.1, 0.15) is 23.2 Å². The molecule has 2 aromatic carbocycles. The molecule has 1 fully saturated rings. The van der Waals surface area contributed by atoms with Gasteiger partial charge in [-0.05, 0) is 61.2 Å². The number of hydrogen-bond donors (Lipinski definition) is 4. The Bertz CT molecular complexity index is 1120. The van der Waals surface area contributed by atoms with Crippen molar-refractivity contribution in [3.05, 3.63) is 65.3 Å². The van der Waals surface area contributed by atoms with Crippen LogP contribution in [0.3, 0.4) is 0 Å². The first-order chi connectivity index (χ1) is 15.0. The van der Waals surface area contributed by atoms with Crippen molar-refractivity contribution in [3.63, 3.8) is 0 Å². The third-order valence-electron chi connectivity index (χ3n) is 5.48. The molecular formula is C22H23N5O2S2. The third kappa shape index (κ3) is 4.43. The van der Waals surface area contributed by atoms with Crippen LogP contribution in [0.2, 0.25) is 0 Å². The first-order valence-corrected chi connectivity index (χ1v) is 11.5. The number of fused-ring (bicyclic) bond motifs is 1. The fourth-order valence-electron chi connectivity index (χ4n) is 3.63. The molecule has 7 nitrogen and oxygen atoms in total. The Morgan fingerprint density at radius 1 is 1.26 bits per heavy atom. The molecule has 2 heterocycles. The molecule has 0 saturated carbocycles. The average Bonchev–Trinajstić information content (AvgIpc) is 3.28. The number of aliphatic hydroxyl groups is 1.